The number of guanidine groups is 1. The molecule has 0 aromatic heterocycles. The fourth-order valence-electron chi connectivity index (χ4n) is 1.93. The van der Waals surface area contributed by atoms with Crippen LogP contribution in [0.1, 0.15) is 5.56 Å². The number of methoxy groups -OCH3 is 1. The summed E-state index contributed by atoms with van der Waals surface area (Å²) in [7, 11) is 1.57. The predicted molar refractivity (Wildman–Crippen MR) is 94.2 cm³/mol. The Labute approximate surface area is 141 Å². The zero-order valence-electron chi connectivity index (χ0n) is 13.0. The summed E-state index contributed by atoms with van der Waals surface area (Å²) in [6.45, 7) is 1.55. The van der Waals surface area contributed by atoms with E-state index in [0.717, 1.165) is 11.3 Å². The van der Waals surface area contributed by atoms with Gasteiger partial charge in [0.25, 0.3) is 0 Å². The van der Waals surface area contributed by atoms with Crippen LogP contribution >= 0.6 is 11.6 Å². The number of aliphatic imine (C=N–C) groups is 1. The second-order valence-electron chi connectivity index (χ2n) is 4.78. The third-order valence-electron chi connectivity index (χ3n) is 3.05. The number of anilines is 1. The predicted octanol–water partition coefficient (Wildman–Crippen LogP) is 3.29. The number of hydrogen-bond acceptors (Lipinski definition) is 3. The minimum absolute atomic E-state index is 0.314. The standard InChI is InChI=1S/C17H20ClN3O2/c1-22-16-8-7-14(11-15(16)18)21-17(19)20-9-10-23-12-13-5-3-2-4-6-13/h2-8,11H,9-10,12H2,1H3,(H3,19,20,21). The number of halogens is 1. The van der Waals surface area contributed by atoms with Gasteiger partial charge in [-0.1, -0.05) is 41.9 Å². The van der Waals surface area contributed by atoms with Crippen molar-refractivity contribution in [2.45, 2.75) is 6.61 Å². The molecule has 23 heavy (non-hydrogen) atoms. The maximum Gasteiger partial charge on any atom is 0.193 e. The Morgan fingerprint density at radius 2 is 2.00 bits per heavy atom. The lowest BCUT2D eigenvalue weighted by Gasteiger charge is -2.08. The highest BCUT2D eigenvalue weighted by Crippen LogP contribution is 2.26. The van der Waals surface area contributed by atoms with E-state index in [-0.39, 0.29) is 0 Å². The Bertz CT molecular complexity index is 648. The van der Waals surface area contributed by atoms with Crippen LogP contribution in [0.3, 0.4) is 0 Å². The normalized spacial score (nSPS) is 11.3. The number of rotatable bonds is 7. The molecule has 122 valence electrons. The van der Waals surface area contributed by atoms with Gasteiger partial charge in [0, 0.05) is 5.69 Å². The summed E-state index contributed by atoms with van der Waals surface area (Å²) in [6.07, 6.45) is 0. The fraction of sp³-hybridized carbons (Fsp3) is 0.235. The van der Waals surface area contributed by atoms with Gasteiger partial charge in [-0.3, -0.25) is 4.99 Å². The summed E-state index contributed by atoms with van der Waals surface area (Å²) < 4.78 is 10.6. The Kier molecular flexibility index (Phi) is 6.72. The van der Waals surface area contributed by atoms with Gasteiger partial charge in [-0.25, -0.2) is 0 Å². The Morgan fingerprint density at radius 1 is 1.22 bits per heavy atom. The minimum atomic E-state index is 0.314. The van der Waals surface area contributed by atoms with Crippen LogP contribution < -0.4 is 15.8 Å². The summed E-state index contributed by atoms with van der Waals surface area (Å²) in [5, 5.41) is 3.49. The highest BCUT2D eigenvalue weighted by molar-refractivity contribution is 6.32. The van der Waals surface area contributed by atoms with Gasteiger partial charge in [-0.05, 0) is 23.8 Å². The number of ether oxygens (including phenoxy) is 2. The molecule has 2 rings (SSSR count). The summed E-state index contributed by atoms with van der Waals surface area (Å²) in [5.74, 6) is 0.927. The van der Waals surface area contributed by atoms with Crippen molar-refractivity contribution in [1.82, 2.24) is 0 Å². The topological polar surface area (TPSA) is 68.9 Å². The van der Waals surface area contributed by atoms with E-state index in [2.05, 4.69) is 10.3 Å². The summed E-state index contributed by atoms with van der Waals surface area (Å²) in [4.78, 5) is 4.21. The van der Waals surface area contributed by atoms with E-state index >= 15 is 0 Å². The first-order valence-corrected chi connectivity index (χ1v) is 7.59. The molecule has 6 heteroatoms. The van der Waals surface area contributed by atoms with Gasteiger partial charge in [0.1, 0.15) is 5.75 Å². The van der Waals surface area contributed by atoms with E-state index in [0.29, 0.717) is 36.5 Å². The van der Waals surface area contributed by atoms with Crippen LogP contribution in [0, 0.1) is 0 Å². The van der Waals surface area contributed by atoms with Crippen molar-refractivity contribution in [1.29, 1.82) is 0 Å². The lowest BCUT2D eigenvalue weighted by Crippen LogP contribution is -2.23. The average Bonchev–Trinajstić information content (AvgIpc) is 2.56. The quantitative estimate of drug-likeness (QED) is 0.463. The molecule has 0 bridgehead atoms. The first kappa shape index (κ1) is 17.1. The summed E-state index contributed by atoms with van der Waals surface area (Å²) >= 11 is 6.05. The van der Waals surface area contributed by atoms with Crippen LogP contribution in [0.5, 0.6) is 5.75 Å². The molecule has 0 heterocycles. The molecular formula is C17H20ClN3O2. The van der Waals surface area contributed by atoms with Gasteiger partial charge in [0.2, 0.25) is 0 Å². The third kappa shape index (κ3) is 5.81. The lowest BCUT2D eigenvalue weighted by molar-refractivity contribution is 0.128. The molecule has 0 unspecified atom stereocenters. The molecule has 5 nitrogen and oxygen atoms in total. The minimum Gasteiger partial charge on any atom is -0.495 e. The molecule has 0 spiro atoms. The Balaban J connectivity index is 1.74. The van der Waals surface area contributed by atoms with E-state index in [1.54, 1.807) is 19.2 Å². The van der Waals surface area contributed by atoms with E-state index in [9.17, 15) is 0 Å². The van der Waals surface area contributed by atoms with Gasteiger partial charge in [-0.15, -0.1) is 0 Å². The number of nitrogens with two attached hydrogens (primary N) is 1. The van der Waals surface area contributed by atoms with Crippen molar-refractivity contribution >= 4 is 23.2 Å². The zero-order valence-corrected chi connectivity index (χ0v) is 13.7. The Morgan fingerprint density at radius 3 is 2.70 bits per heavy atom. The second-order valence-corrected chi connectivity index (χ2v) is 5.19. The molecule has 2 aromatic rings. The zero-order chi connectivity index (χ0) is 16.5. The van der Waals surface area contributed by atoms with E-state index in [1.165, 1.54) is 0 Å². The van der Waals surface area contributed by atoms with Gasteiger partial charge >= 0.3 is 0 Å². The highest BCUT2D eigenvalue weighted by Gasteiger charge is 2.02. The first-order valence-electron chi connectivity index (χ1n) is 7.21. The molecule has 0 fully saturated rings. The van der Waals surface area contributed by atoms with Gasteiger partial charge in [0.05, 0.1) is 31.9 Å². The van der Waals surface area contributed by atoms with Crippen molar-refractivity contribution in [2.24, 2.45) is 10.7 Å². The largest absolute Gasteiger partial charge is 0.495 e. The van der Waals surface area contributed by atoms with Crippen molar-refractivity contribution in [2.75, 3.05) is 25.6 Å². The maximum absolute atomic E-state index is 6.05. The number of nitrogens with zero attached hydrogens (tertiary/aromatic N) is 1. The molecule has 0 aliphatic rings. The SMILES string of the molecule is COc1ccc(NC(N)=NCCOCc2ccccc2)cc1Cl. The summed E-state index contributed by atoms with van der Waals surface area (Å²) in [5.41, 5.74) is 7.72. The van der Waals surface area contributed by atoms with Crippen LogP contribution in [0.15, 0.2) is 53.5 Å². The smallest absolute Gasteiger partial charge is 0.193 e. The van der Waals surface area contributed by atoms with Crippen LogP contribution in [-0.4, -0.2) is 26.2 Å². The van der Waals surface area contributed by atoms with Crippen LogP contribution in [-0.2, 0) is 11.3 Å². The van der Waals surface area contributed by atoms with Crippen molar-refractivity contribution < 1.29 is 9.47 Å². The molecule has 3 N–H and O–H groups in total. The lowest BCUT2D eigenvalue weighted by atomic mass is 10.2. The second kappa shape index (κ2) is 9.02. The van der Waals surface area contributed by atoms with Crippen LogP contribution in [0.25, 0.3) is 0 Å². The molecule has 2 aromatic carbocycles. The molecule has 0 atom stereocenters. The van der Waals surface area contributed by atoms with Gasteiger partial charge < -0.3 is 20.5 Å². The molecule has 0 saturated carbocycles. The van der Waals surface area contributed by atoms with Crippen molar-refractivity contribution in [3.8, 4) is 5.75 Å². The molecule has 0 radical (unpaired) electrons. The van der Waals surface area contributed by atoms with E-state index in [4.69, 9.17) is 26.8 Å². The molecular weight excluding hydrogens is 314 g/mol. The third-order valence-corrected chi connectivity index (χ3v) is 3.35. The van der Waals surface area contributed by atoms with Crippen LogP contribution in [0.4, 0.5) is 5.69 Å². The van der Waals surface area contributed by atoms with Crippen molar-refractivity contribution in [3.05, 3.63) is 59.1 Å². The van der Waals surface area contributed by atoms with E-state index < -0.39 is 0 Å². The Hall–Kier alpha value is -2.24. The monoisotopic (exact) mass is 333 g/mol. The fourth-order valence-corrected chi connectivity index (χ4v) is 2.18. The summed E-state index contributed by atoms with van der Waals surface area (Å²) in [6, 6.07) is 15.3. The average molecular weight is 334 g/mol. The highest BCUT2D eigenvalue weighted by atomic mass is 35.5. The van der Waals surface area contributed by atoms with Gasteiger partial charge in [-0.2, -0.15) is 0 Å². The van der Waals surface area contributed by atoms with Crippen LogP contribution in [0.2, 0.25) is 5.02 Å². The molecule has 0 amide bonds. The maximum atomic E-state index is 6.05. The first-order chi connectivity index (χ1) is 11.2. The number of nitrogens with one attached hydrogen (secondary N) is 1. The molecule has 0 aliphatic carbocycles. The van der Waals surface area contributed by atoms with Crippen molar-refractivity contribution in [3.63, 3.8) is 0 Å². The molecule has 0 aliphatic heterocycles. The van der Waals surface area contributed by atoms with Gasteiger partial charge in [0.15, 0.2) is 5.96 Å². The number of benzene rings is 2. The number of hydrogen-bond donors (Lipinski definition) is 2. The molecule has 0 saturated heterocycles. The van der Waals surface area contributed by atoms with E-state index in [1.807, 2.05) is 36.4 Å².